The largest absolute Gasteiger partial charge is 0.384 e. The highest BCUT2D eigenvalue weighted by molar-refractivity contribution is 7.98. The molecular weight excluding hydrogens is 639 g/mol. The van der Waals surface area contributed by atoms with Crippen LogP contribution in [-0.4, -0.2) is 10.7 Å². The van der Waals surface area contributed by atoms with Crippen molar-refractivity contribution in [2.45, 2.75) is 57.1 Å². The van der Waals surface area contributed by atoms with E-state index in [0.717, 1.165) is 27.1 Å². The summed E-state index contributed by atoms with van der Waals surface area (Å²) >= 11 is 20.8. The number of ketones is 1. The first-order chi connectivity index (χ1) is 20.7. The zero-order valence-corrected chi connectivity index (χ0v) is 27.6. The molecule has 0 radical (unpaired) electrons. The summed E-state index contributed by atoms with van der Waals surface area (Å²) in [7, 11) is 0. The molecular formula is C33H29Cl3N4O3S. The number of anilines is 1. The van der Waals surface area contributed by atoms with Crippen LogP contribution in [0.1, 0.15) is 54.9 Å². The number of nitrogens with two attached hydrogens (primary N) is 1. The molecule has 5 rings (SSSR count). The second-order valence-electron chi connectivity index (χ2n) is 11.9. The summed E-state index contributed by atoms with van der Waals surface area (Å²) < 4.78 is 0. The number of thioether (sulfide) groups is 1. The number of rotatable bonds is 6. The van der Waals surface area contributed by atoms with Crippen molar-refractivity contribution < 1.29 is 9.72 Å². The van der Waals surface area contributed by atoms with Crippen LogP contribution in [0.4, 0.5) is 11.4 Å². The van der Waals surface area contributed by atoms with E-state index in [-0.39, 0.29) is 27.9 Å². The fraction of sp³-hybridized carbons (Fsp3) is 0.273. The number of allylic oxidation sites excluding steroid dienone is 3. The molecule has 0 spiro atoms. The van der Waals surface area contributed by atoms with E-state index < -0.39 is 16.3 Å². The Bertz CT molecular complexity index is 1840. The number of nitro benzene ring substituents is 1. The Labute approximate surface area is 275 Å². The molecule has 0 saturated heterocycles. The molecule has 0 saturated carbocycles. The van der Waals surface area contributed by atoms with E-state index >= 15 is 0 Å². The summed E-state index contributed by atoms with van der Waals surface area (Å²) in [5, 5.41) is 23.2. The number of halogens is 3. The lowest BCUT2D eigenvalue weighted by Gasteiger charge is -2.44. The van der Waals surface area contributed by atoms with Gasteiger partial charge in [-0.15, -0.1) is 11.8 Å². The molecule has 1 aliphatic carbocycles. The zero-order valence-electron chi connectivity index (χ0n) is 24.5. The van der Waals surface area contributed by atoms with E-state index in [1.54, 1.807) is 28.8 Å². The van der Waals surface area contributed by atoms with Crippen LogP contribution >= 0.6 is 46.6 Å². The van der Waals surface area contributed by atoms with Crippen molar-refractivity contribution in [1.82, 2.24) is 0 Å². The van der Waals surface area contributed by atoms with E-state index in [4.69, 9.17) is 40.5 Å². The average Bonchev–Trinajstić information content (AvgIpc) is 2.93. The van der Waals surface area contributed by atoms with Gasteiger partial charge in [0.25, 0.3) is 5.69 Å². The third-order valence-electron chi connectivity index (χ3n) is 8.08. The predicted octanol–water partition coefficient (Wildman–Crippen LogP) is 9.41. The molecule has 1 atom stereocenters. The summed E-state index contributed by atoms with van der Waals surface area (Å²) in [5.41, 5.74) is 11.8. The highest BCUT2D eigenvalue weighted by Crippen LogP contribution is 2.52. The Balaban J connectivity index is 1.68. The topological polar surface area (TPSA) is 113 Å². The van der Waals surface area contributed by atoms with E-state index in [9.17, 15) is 20.2 Å². The molecule has 7 nitrogen and oxygen atoms in total. The number of hydrogen-bond donors (Lipinski definition) is 1. The second-order valence-corrected chi connectivity index (χ2v) is 14.1. The summed E-state index contributed by atoms with van der Waals surface area (Å²) in [6.45, 7) is 8.01. The summed E-state index contributed by atoms with van der Waals surface area (Å²) in [6, 6.07) is 15.8. The maximum atomic E-state index is 14.0. The molecule has 2 aliphatic rings. The number of aryl methyl sites for hydroxylation is 2. The standard InChI is InChI=1S/C33H29Cl3N4O3S/c1-17-9-18(2)22(10-19(17)16-44-29-11-20(34)5-7-24(29)35)30-23(15-37)32(38)39(26-8-6-21(40(42)43)12-25(26)36)27-13-33(3,4)14-28(41)31(27)30/h5-12,30H,13-14,16,38H2,1-4H3. The maximum Gasteiger partial charge on any atom is 0.271 e. The van der Waals surface area contributed by atoms with Crippen LogP contribution in [0.3, 0.4) is 0 Å². The highest BCUT2D eigenvalue weighted by atomic mass is 35.5. The number of nitriles is 1. The van der Waals surface area contributed by atoms with Crippen LogP contribution in [0.2, 0.25) is 15.1 Å². The predicted molar refractivity (Wildman–Crippen MR) is 177 cm³/mol. The number of benzene rings is 3. The monoisotopic (exact) mass is 666 g/mol. The third-order valence-corrected chi connectivity index (χ3v) is 10.2. The summed E-state index contributed by atoms with van der Waals surface area (Å²) in [6.07, 6.45) is 0.780. The molecule has 1 heterocycles. The van der Waals surface area contributed by atoms with Gasteiger partial charge < -0.3 is 5.73 Å². The van der Waals surface area contributed by atoms with Crippen LogP contribution in [-0.2, 0) is 10.5 Å². The number of nitrogens with zero attached hydrogens (tertiary/aromatic N) is 3. The minimum absolute atomic E-state index is 0.0776. The van der Waals surface area contributed by atoms with Crippen LogP contribution in [0.15, 0.2) is 76.1 Å². The Hall–Kier alpha value is -3.48. The van der Waals surface area contributed by atoms with Crippen molar-refractivity contribution in [2.24, 2.45) is 11.1 Å². The molecule has 3 aromatic rings. The van der Waals surface area contributed by atoms with Crippen LogP contribution in [0, 0.1) is 40.7 Å². The number of carbonyl (C=O) groups excluding carboxylic acids is 1. The van der Waals surface area contributed by atoms with Crippen molar-refractivity contribution in [3.8, 4) is 6.07 Å². The van der Waals surface area contributed by atoms with Crippen molar-refractivity contribution in [3.63, 3.8) is 0 Å². The van der Waals surface area contributed by atoms with Gasteiger partial charge in [0.05, 0.1) is 38.2 Å². The first kappa shape index (κ1) is 31.9. The molecule has 0 amide bonds. The number of non-ortho nitro benzene ring substituents is 1. The van der Waals surface area contributed by atoms with Gasteiger partial charge in [0, 0.05) is 45.5 Å². The first-order valence-corrected chi connectivity index (χ1v) is 15.9. The van der Waals surface area contributed by atoms with Crippen LogP contribution < -0.4 is 10.6 Å². The quantitative estimate of drug-likeness (QED) is 0.158. The SMILES string of the molecule is Cc1cc(C)c(C2C(C#N)=C(N)N(c3ccc([N+](=O)[O-])cc3Cl)C3=C2C(=O)CC(C)(C)C3)cc1CSc1cc(Cl)ccc1Cl. The fourth-order valence-corrected chi connectivity index (χ4v) is 7.83. The smallest absolute Gasteiger partial charge is 0.271 e. The van der Waals surface area contributed by atoms with Gasteiger partial charge in [0.15, 0.2) is 5.78 Å². The molecule has 0 bridgehead atoms. The molecule has 226 valence electrons. The van der Waals surface area contributed by atoms with Gasteiger partial charge in [-0.25, -0.2) is 0 Å². The Morgan fingerprint density at radius 1 is 1.07 bits per heavy atom. The van der Waals surface area contributed by atoms with Crippen molar-refractivity contribution in [3.05, 3.63) is 119 Å². The lowest BCUT2D eigenvalue weighted by molar-refractivity contribution is -0.384. The van der Waals surface area contributed by atoms with Gasteiger partial charge >= 0.3 is 0 Å². The molecule has 1 aliphatic heterocycles. The normalized spacial score (nSPS) is 17.9. The number of carbonyl (C=O) groups is 1. The van der Waals surface area contributed by atoms with Crippen molar-refractivity contribution in [2.75, 3.05) is 4.90 Å². The lowest BCUT2D eigenvalue weighted by Crippen LogP contribution is -2.42. The van der Waals surface area contributed by atoms with Gasteiger partial charge in [0.1, 0.15) is 5.82 Å². The third kappa shape index (κ3) is 5.94. The molecule has 1 unspecified atom stereocenters. The van der Waals surface area contributed by atoms with Gasteiger partial charge in [-0.2, -0.15) is 5.26 Å². The van der Waals surface area contributed by atoms with Crippen LogP contribution in [0.25, 0.3) is 0 Å². The van der Waals surface area contributed by atoms with Gasteiger partial charge in [-0.1, -0.05) is 60.8 Å². The van der Waals surface area contributed by atoms with E-state index in [0.29, 0.717) is 45.6 Å². The molecule has 3 aromatic carbocycles. The molecule has 0 fully saturated rings. The fourth-order valence-electron chi connectivity index (χ4n) is 6.01. The Morgan fingerprint density at radius 3 is 2.45 bits per heavy atom. The van der Waals surface area contributed by atoms with Crippen molar-refractivity contribution in [1.29, 1.82) is 5.26 Å². The summed E-state index contributed by atoms with van der Waals surface area (Å²) in [4.78, 5) is 27.4. The number of hydrogen-bond acceptors (Lipinski definition) is 7. The number of Topliss-reactive ketones (excluding diaryl/α,β-unsaturated/α-hetero) is 1. The van der Waals surface area contributed by atoms with E-state index in [2.05, 4.69) is 18.2 Å². The molecule has 11 heteroatoms. The molecule has 2 N–H and O–H groups in total. The lowest BCUT2D eigenvalue weighted by atomic mass is 9.68. The second kappa shape index (κ2) is 12.1. The minimum Gasteiger partial charge on any atom is -0.384 e. The Kier molecular flexibility index (Phi) is 8.80. The molecule has 44 heavy (non-hydrogen) atoms. The van der Waals surface area contributed by atoms with Crippen molar-refractivity contribution >= 4 is 63.7 Å². The average molecular weight is 668 g/mol. The Morgan fingerprint density at radius 2 is 1.80 bits per heavy atom. The van der Waals surface area contributed by atoms with Gasteiger partial charge in [0.2, 0.25) is 0 Å². The van der Waals surface area contributed by atoms with Gasteiger partial charge in [-0.05, 0) is 72.2 Å². The van der Waals surface area contributed by atoms with Crippen LogP contribution in [0.5, 0.6) is 0 Å². The zero-order chi connectivity index (χ0) is 32.1. The minimum atomic E-state index is -0.689. The first-order valence-electron chi connectivity index (χ1n) is 13.8. The van der Waals surface area contributed by atoms with Gasteiger partial charge in [-0.3, -0.25) is 19.8 Å². The summed E-state index contributed by atoms with van der Waals surface area (Å²) in [5.74, 6) is -0.0410. The maximum absolute atomic E-state index is 14.0. The molecule has 0 aromatic heterocycles. The van der Waals surface area contributed by atoms with E-state index in [1.807, 2.05) is 33.8 Å². The van der Waals surface area contributed by atoms with E-state index in [1.165, 1.54) is 18.2 Å². The highest BCUT2D eigenvalue weighted by Gasteiger charge is 2.45. The number of nitro groups is 1.